The Balaban J connectivity index is 2.09. The summed E-state index contributed by atoms with van der Waals surface area (Å²) in [6.07, 6.45) is 3.51. The second-order valence-electron chi connectivity index (χ2n) is 5.76. The zero-order valence-corrected chi connectivity index (χ0v) is 13.8. The lowest BCUT2D eigenvalue weighted by Crippen LogP contribution is -2.29. The first-order valence-electron chi connectivity index (χ1n) is 7.46. The third-order valence-corrected chi connectivity index (χ3v) is 5.40. The van der Waals surface area contributed by atoms with Crippen LogP contribution in [0.2, 0.25) is 0 Å². The molecule has 0 amide bonds. The molecule has 1 saturated heterocycles. The summed E-state index contributed by atoms with van der Waals surface area (Å²) in [5.74, 6) is 0. The van der Waals surface area contributed by atoms with Crippen LogP contribution in [0.4, 0.5) is 5.69 Å². The Morgan fingerprint density at radius 2 is 2.19 bits per heavy atom. The average molecular weight is 311 g/mol. The number of anilines is 1. The summed E-state index contributed by atoms with van der Waals surface area (Å²) in [4.78, 5) is 0.296. The fraction of sp³-hybridized carbons (Fsp3) is 0.600. The lowest BCUT2D eigenvalue weighted by atomic mass is 10.1. The molecule has 2 unspecified atom stereocenters. The van der Waals surface area contributed by atoms with E-state index in [1.807, 2.05) is 13.0 Å². The van der Waals surface area contributed by atoms with E-state index >= 15 is 0 Å². The smallest absolute Gasteiger partial charge is 0.240 e. The van der Waals surface area contributed by atoms with Gasteiger partial charge in [-0.15, -0.1) is 0 Å². The van der Waals surface area contributed by atoms with Gasteiger partial charge in [0.05, 0.1) is 4.90 Å². The molecular weight excluding hydrogens is 286 g/mol. The van der Waals surface area contributed by atoms with E-state index in [0.29, 0.717) is 17.0 Å². The van der Waals surface area contributed by atoms with E-state index in [9.17, 15) is 8.42 Å². The number of hydrogen-bond acceptors (Lipinski definition) is 4. The standard InChI is InChI=1S/C15H25N3O2S/c1-11-6-7-14(21(19,20)16-3)10-15(11)18-12(2)9-13-5-4-8-17-13/h6-7,10,12-13,16-18H,4-5,8-9H2,1-3H3. The molecule has 0 saturated carbocycles. The number of benzene rings is 1. The minimum Gasteiger partial charge on any atom is -0.382 e. The summed E-state index contributed by atoms with van der Waals surface area (Å²) >= 11 is 0. The van der Waals surface area contributed by atoms with Gasteiger partial charge in [0.15, 0.2) is 0 Å². The van der Waals surface area contributed by atoms with Crippen molar-refractivity contribution in [2.75, 3.05) is 18.9 Å². The highest BCUT2D eigenvalue weighted by atomic mass is 32.2. The molecule has 0 spiro atoms. The van der Waals surface area contributed by atoms with Crippen LogP contribution < -0.4 is 15.4 Å². The van der Waals surface area contributed by atoms with Crippen molar-refractivity contribution in [1.82, 2.24) is 10.0 Å². The van der Waals surface area contributed by atoms with Crippen LogP contribution in [0.15, 0.2) is 23.1 Å². The van der Waals surface area contributed by atoms with Crippen molar-refractivity contribution < 1.29 is 8.42 Å². The van der Waals surface area contributed by atoms with Crippen LogP contribution in [-0.4, -0.2) is 34.1 Å². The Kier molecular flexibility index (Phi) is 5.24. The maximum atomic E-state index is 11.9. The van der Waals surface area contributed by atoms with Crippen molar-refractivity contribution in [3.8, 4) is 0 Å². The summed E-state index contributed by atoms with van der Waals surface area (Å²) in [6, 6.07) is 6.05. The molecule has 6 heteroatoms. The molecule has 1 heterocycles. The molecule has 5 nitrogen and oxygen atoms in total. The van der Waals surface area contributed by atoms with Gasteiger partial charge in [-0.2, -0.15) is 0 Å². The number of nitrogens with one attached hydrogen (secondary N) is 3. The minimum absolute atomic E-state index is 0.296. The summed E-state index contributed by atoms with van der Waals surface area (Å²) < 4.78 is 26.1. The highest BCUT2D eigenvalue weighted by Gasteiger charge is 2.18. The van der Waals surface area contributed by atoms with Gasteiger partial charge in [0.25, 0.3) is 0 Å². The predicted molar refractivity (Wildman–Crippen MR) is 86.2 cm³/mol. The van der Waals surface area contributed by atoms with Crippen LogP contribution in [-0.2, 0) is 10.0 Å². The van der Waals surface area contributed by atoms with E-state index in [1.165, 1.54) is 19.9 Å². The van der Waals surface area contributed by atoms with Crippen LogP contribution >= 0.6 is 0 Å². The van der Waals surface area contributed by atoms with Crippen LogP contribution in [0.25, 0.3) is 0 Å². The summed E-state index contributed by atoms with van der Waals surface area (Å²) in [5, 5.41) is 6.93. The lowest BCUT2D eigenvalue weighted by Gasteiger charge is -2.21. The molecule has 1 aromatic carbocycles. The number of hydrogen-bond donors (Lipinski definition) is 3. The van der Waals surface area contributed by atoms with Gasteiger partial charge < -0.3 is 10.6 Å². The third kappa shape index (κ3) is 4.18. The number of sulfonamides is 1. The Bertz CT molecular complexity index is 581. The van der Waals surface area contributed by atoms with Crippen molar-refractivity contribution in [1.29, 1.82) is 0 Å². The van der Waals surface area contributed by atoms with Crippen molar-refractivity contribution in [3.63, 3.8) is 0 Å². The first kappa shape index (κ1) is 16.3. The molecule has 0 radical (unpaired) electrons. The first-order chi connectivity index (χ1) is 9.92. The largest absolute Gasteiger partial charge is 0.382 e. The van der Waals surface area contributed by atoms with Gasteiger partial charge >= 0.3 is 0 Å². The molecule has 0 aromatic heterocycles. The molecule has 2 atom stereocenters. The Morgan fingerprint density at radius 1 is 1.43 bits per heavy atom. The minimum atomic E-state index is -3.40. The molecule has 1 aliphatic rings. The van der Waals surface area contributed by atoms with Crippen LogP contribution in [0, 0.1) is 6.92 Å². The van der Waals surface area contributed by atoms with Gasteiger partial charge in [0, 0.05) is 17.8 Å². The topological polar surface area (TPSA) is 70.2 Å². The molecule has 1 aromatic rings. The lowest BCUT2D eigenvalue weighted by molar-refractivity contribution is 0.523. The zero-order chi connectivity index (χ0) is 15.5. The molecule has 0 aliphatic carbocycles. The molecule has 118 valence electrons. The van der Waals surface area contributed by atoms with E-state index in [0.717, 1.165) is 24.2 Å². The van der Waals surface area contributed by atoms with E-state index in [2.05, 4.69) is 22.3 Å². The summed E-state index contributed by atoms with van der Waals surface area (Å²) in [5.41, 5.74) is 1.94. The molecule has 1 fully saturated rings. The second-order valence-corrected chi connectivity index (χ2v) is 7.65. The Morgan fingerprint density at radius 3 is 2.81 bits per heavy atom. The highest BCUT2D eigenvalue weighted by molar-refractivity contribution is 7.89. The first-order valence-corrected chi connectivity index (χ1v) is 8.95. The van der Waals surface area contributed by atoms with Gasteiger partial charge in [-0.1, -0.05) is 6.07 Å². The Hall–Kier alpha value is -1.11. The van der Waals surface area contributed by atoms with Gasteiger partial charge in [-0.3, -0.25) is 0 Å². The van der Waals surface area contributed by atoms with E-state index in [4.69, 9.17) is 0 Å². The fourth-order valence-electron chi connectivity index (χ4n) is 2.75. The van der Waals surface area contributed by atoms with Crippen molar-refractivity contribution in [2.45, 2.75) is 50.1 Å². The monoisotopic (exact) mass is 311 g/mol. The quantitative estimate of drug-likeness (QED) is 0.750. The summed E-state index contributed by atoms with van der Waals surface area (Å²) in [7, 11) is -1.97. The molecule has 1 aliphatic heterocycles. The number of rotatable bonds is 6. The van der Waals surface area contributed by atoms with Crippen LogP contribution in [0.5, 0.6) is 0 Å². The summed E-state index contributed by atoms with van der Waals surface area (Å²) in [6.45, 7) is 5.23. The normalized spacial score (nSPS) is 20.4. The van der Waals surface area contributed by atoms with Gasteiger partial charge in [-0.05, 0) is 64.4 Å². The Labute approximate surface area is 127 Å². The predicted octanol–water partition coefficient (Wildman–Crippen LogP) is 1.85. The second kappa shape index (κ2) is 6.77. The van der Waals surface area contributed by atoms with Gasteiger partial charge in [0.2, 0.25) is 10.0 Å². The fourth-order valence-corrected chi connectivity index (χ4v) is 3.51. The zero-order valence-electron chi connectivity index (χ0n) is 12.9. The SMILES string of the molecule is CNS(=O)(=O)c1ccc(C)c(NC(C)CC2CCCN2)c1. The van der Waals surface area contributed by atoms with E-state index in [1.54, 1.807) is 12.1 Å². The van der Waals surface area contributed by atoms with Crippen molar-refractivity contribution >= 4 is 15.7 Å². The molecule has 3 N–H and O–H groups in total. The number of aryl methyl sites for hydroxylation is 1. The molecule has 21 heavy (non-hydrogen) atoms. The van der Waals surface area contributed by atoms with Gasteiger partial charge in [-0.25, -0.2) is 13.1 Å². The molecular formula is C15H25N3O2S. The third-order valence-electron chi connectivity index (χ3n) is 3.99. The van der Waals surface area contributed by atoms with E-state index < -0.39 is 10.0 Å². The molecule has 0 bridgehead atoms. The van der Waals surface area contributed by atoms with Crippen LogP contribution in [0.1, 0.15) is 31.7 Å². The van der Waals surface area contributed by atoms with Crippen molar-refractivity contribution in [3.05, 3.63) is 23.8 Å². The average Bonchev–Trinajstić information content (AvgIpc) is 2.93. The molecule has 2 rings (SSSR count). The van der Waals surface area contributed by atoms with Crippen LogP contribution in [0.3, 0.4) is 0 Å². The maximum Gasteiger partial charge on any atom is 0.240 e. The van der Waals surface area contributed by atoms with E-state index in [-0.39, 0.29) is 0 Å². The van der Waals surface area contributed by atoms with Gasteiger partial charge in [0.1, 0.15) is 0 Å². The van der Waals surface area contributed by atoms with Crippen molar-refractivity contribution in [2.24, 2.45) is 0 Å². The highest BCUT2D eigenvalue weighted by Crippen LogP contribution is 2.22. The maximum absolute atomic E-state index is 11.9.